The molecule has 5 atom stereocenters. The standard InChI is InChI=1S/C20H28N2O5/c1-20(2)26-18-17(24-13-14-8-4-3-5-9-14)16(25-19(18)27-20)15(23)12-21-22-10-6-7-11-22/h3-5,8-9,12,15-19,23H,6-7,10-11,13H2,1-2H3/b21-12+/t15-,16+,17-,18+,19+/m0/s1. The lowest BCUT2D eigenvalue weighted by Gasteiger charge is -2.27. The predicted molar refractivity (Wildman–Crippen MR) is 99.0 cm³/mol. The van der Waals surface area contributed by atoms with Crippen molar-refractivity contribution in [2.75, 3.05) is 13.1 Å². The maximum Gasteiger partial charge on any atom is 0.190 e. The van der Waals surface area contributed by atoms with Crippen LogP contribution in [0.3, 0.4) is 0 Å². The first-order valence-electron chi connectivity index (χ1n) is 9.66. The minimum absolute atomic E-state index is 0.386. The van der Waals surface area contributed by atoms with Gasteiger partial charge in [0.15, 0.2) is 12.1 Å². The van der Waals surface area contributed by atoms with Crippen molar-refractivity contribution < 1.29 is 24.1 Å². The van der Waals surface area contributed by atoms with Crippen molar-refractivity contribution >= 4 is 6.21 Å². The topological polar surface area (TPSA) is 72.8 Å². The van der Waals surface area contributed by atoms with Gasteiger partial charge in [-0.2, -0.15) is 5.10 Å². The molecule has 148 valence electrons. The summed E-state index contributed by atoms with van der Waals surface area (Å²) in [6.07, 6.45) is 0.939. The third-order valence-corrected chi connectivity index (χ3v) is 5.11. The van der Waals surface area contributed by atoms with Crippen molar-refractivity contribution in [2.45, 2.75) is 69.8 Å². The normalized spacial score (nSPS) is 33.7. The molecule has 3 fully saturated rings. The second-order valence-electron chi connectivity index (χ2n) is 7.75. The number of nitrogens with zero attached hydrogens (tertiary/aromatic N) is 2. The lowest BCUT2D eigenvalue weighted by Crippen LogP contribution is -2.43. The highest BCUT2D eigenvalue weighted by molar-refractivity contribution is 5.63. The number of ether oxygens (including phenoxy) is 4. The molecule has 0 bridgehead atoms. The number of aliphatic hydroxyl groups is 1. The number of hydrogen-bond donors (Lipinski definition) is 1. The minimum Gasteiger partial charge on any atom is -0.385 e. The first-order chi connectivity index (χ1) is 13.0. The molecule has 4 rings (SSSR count). The van der Waals surface area contributed by atoms with E-state index in [4.69, 9.17) is 18.9 Å². The van der Waals surface area contributed by atoms with Crippen LogP contribution in [0.25, 0.3) is 0 Å². The van der Waals surface area contributed by atoms with E-state index in [0.29, 0.717) is 6.61 Å². The van der Waals surface area contributed by atoms with Crippen molar-refractivity contribution in [1.82, 2.24) is 5.01 Å². The molecule has 7 nitrogen and oxygen atoms in total. The van der Waals surface area contributed by atoms with E-state index in [1.165, 1.54) is 0 Å². The summed E-state index contributed by atoms with van der Waals surface area (Å²) in [7, 11) is 0. The molecule has 1 aromatic carbocycles. The Morgan fingerprint density at radius 1 is 1.26 bits per heavy atom. The quantitative estimate of drug-likeness (QED) is 0.765. The van der Waals surface area contributed by atoms with Crippen LogP contribution < -0.4 is 0 Å². The number of fused-ring (bicyclic) bond motifs is 1. The van der Waals surface area contributed by atoms with Gasteiger partial charge in [-0.05, 0) is 32.3 Å². The lowest BCUT2D eigenvalue weighted by molar-refractivity contribution is -0.226. The van der Waals surface area contributed by atoms with Crippen LogP contribution in [0.15, 0.2) is 35.4 Å². The third-order valence-electron chi connectivity index (χ3n) is 5.11. The van der Waals surface area contributed by atoms with Gasteiger partial charge in [0, 0.05) is 13.1 Å². The zero-order chi connectivity index (χ0) is 18.9. The van der Waals surface area contributed by atoms with Crippen LogP contribution in [0.2, 0.25) is 0 Å². The van der Waals surface area contributed by atoms with Crippen LogP contribution in [-0.2, 0) is 25.6 Å². The summed E-state index contributed by atoms with van der Waals surface area (Å²) in [5.41, 5.74) is 1.05. The summed E-state index contributed by atoms with van der Waals surface area (Å²) >= 11 is 0. The molecule has 3 heterocycles. The Kier molecular flexibility index (Phi) is 5.48. The average Bonchev–Trinajstić information content (AvgIpc) is 3.34. The van der Waals surface area contributed by atoms with E-state index < -0.39 is 30.4 Å². The van der Waals surface area contributed by atoms with Crippen molar-refractivity contribution in [2.24, 2.45) is 5.10 Å². The monoisotopic (exact) mass is 376 g/mol. The van der Waals surface area contributed by atoms with Crippen molar-refractivity contribution in [3.8, 4) is 0 Å². The van der Waals surface area contributed by atoms with Crippen LogP contribution in [0.1, 0.15) is 32.3 Å². The van der Waals surface area contributed by atoms with E-state index in [-0.39, 0.29) is 6.10 Å². The fraction of sp³-hybridized carbons (Fsp3) is 0.650. The predicted octanol–water partition coefficient (Wildman–Crippen LogP) is 1.89. The van der Waals surface area contributed by atoms with Crippen LogP contribution in [0.4, 0.5) is 0 Å². The molecule has 7 heteroatoms. The molecule has 3 saturated heterocycles. The van der Waals surface area contributed by atoms with Gasteiger partial charge in [0.25, 0.3) is 0 Å². The fourth-order valence-corrected chi connectivity index (χ4v) is 3.80. The van der Waals surface area contributed by atoms with Gasteiger partial charge in [-0.3, -0.25) is 5.01 Å². The number of benzene rings is 1. The summed E-state index contributed by atoms with van der Waals surface area (Å²) in [6.45, 7) is 5.96. The summed E-state index contributed by atoms with van der Waals surface area (Å²) < 4.78 is 23.9. The summed E-state index contributed by atoms with van der Waals surface area (Å²) in [5.74, 6) is -0.733. The van der Waals surface area contributed by atoms with Crippen molar-refractivity contribution in [1.29, 1.82) is 0 Å². The van der Waals surface area contributed by atoms with Gasteiger partial charge in [-0.15, -0.1) is 0 Å². The lowest BCUT2D eigenvalue weighted by atomic mass is 10.1. The van der Waals surface area contributed by atoms with Gasteiger partial charge < -0.3 is 24.1 Å². The largest absolute Gasteiger partial charge is 0.385 e. The van der Waals surface area contributed by atoms with Crippen LogP contribution in [0.5, 0.6) is 0 Å². The molecule has 0 radical (unpaired) electrons. The van der Waals surface area contributed by atoms with E-state index >= 15 is 0 Å². The van der Waals surface area contributed by atoms with Crippen LogP contribution in [-0.4, -0.2) is 65.9 Å². The third kappa shape index (κ3) is 4.33. The van der Waals surface area contributed by atoms with Gasteiger partial charge in [-0.25, -0.2) is 0 Å². The van der Waals surface area contributed by atoms with E-state index in [9.17, 15) is 5.11 Å². The average molecular weight is 376 g/mol. The molecule has 1 N–H and O–H groups in total. The number of rotatable bonds is 6. The molecule has 0 unspecified atom stereocenters. The Hall–Kier alpha value is -1.51. The fourth-order valence-electron chi connectivity index (χ4n) is 3.80. The molecule has 3 aliphatic heterocycles. The molecule has 0 saturated carbocycles. The Bertz CT molecular complexity index is 647. The first kappa shape index (κ1) is 18.8. The second-order valence-corrected chi connectivity index (χ2v) is 7.75. The molecule has 0 spiro atoms. The van der Waals surface area contributed by atoms with Gasteiger partial charge >= 0.3 is 0 Å². The molecule has 0 aliphatic carbocycles. The SMILES string of the molecule is CC1(C)O[C@H]2O[C@H]([C@@H](O)/C=N/N3CCCC3)[C@H](OCc3ccccc3)[C@H]2O1. The molecule has 0 amide bonds. The van der Waals surface area contributed by atoms with Crippen LogP contribution >= 0.6 is 0 Å². The van der Waals surface area contributed by atoms with E-state index in [0.717, 1.165) is 31.5 Å². The second kappa shape index (κ2) is 7.85. The maximum absolute atomic E-state index is 10.7. The molecule has 0 aromatic heterocycles. The first-order valence-corrected chi connectivity index (χ1v) is 9.66. The highest BCUT2D eigenvalue weighted by Crippen LogP contribution is 2.39. The highest BCUT2D eigenvalue weighted by atomic mass is 16.8. The highest BCUT2D eigenvalue weighted by Gasteiger charge is 2.56. The number of hydrogen-bond acceptors (Lipinski definition) is 7. The molecular weight excluding hydrogens is 348 g/mol. The smallest absolute Gasteiger partial charge is 0.190 e. The Morgan fingerprint density at radius 2 is 2.00 bits per heavy atom. The van der Waals surface area contributed by atoms with E-state index in [1.807, 2.05) is 49.2 Å². The molecular formula is C20H28N2O5. The minimum atomic E-state index is -0.896. The Labute approximate surface area is 159 Å². The number of hydrazone groups is 1. The number of aliphatic hydroxyl groups excluding tert-OH is 1. The van der Waals surface area contributed by atoms with Crippen molar-refractivity contribution in [3.05, 3.63) is 35.9 Å². The van der Waals surface area contributed by atoms with Gasteiger partial charge in [0.1, 0.15) is 24.4 Å². The molecule has 1 aromatic rings. The zero-order valence-corrected chi connectivity index (χ0v) is 15.9. The van der Waals surface area contributed by atoms with Gasteiger partial charge in [0.2, 0.25) is 0 Å². The van der Waals surface area contributed by atoms with Gasteiger partial charge in [-0.1, -0.05) is 30.3 Å². The van der Waals surface area contributed by atoms with Crippen LogP contribution in [0, 0.1) is 0 Å². The molecule has 27 heavy (non-hydrogen) atoms. The zero-order valence-electron chi connectivity index (χ0n) is 15.9. The van der Waals surface area contributed by atoms with Gasteiger partial charge in [0.05, 0.1) is 12.8 Å². The van der Waals surface area contributed by atoms with E-state index in [2.05, 4.69) is 5.10 Å². The molecule has 3 aliphatic rings. The summed E-state index contributed by atoms with van der Waals surface area (Å²) in [5, 5.41) is 17.0. The Balaban J connectivity index is 1.45. The summed E-state index contributed by atoms with van der Waals surface area (Å²) in [6, 6.07) is 9.92. The Morgan fingerprint density at radius 3 is 2.74 bits per heavy atom. The van der Waals surface area contributed by atoms with Crippen molar-refractivity contribution in [3.63, 3.8) is 0 Å². The maximum atomic E-state index is 10.7. The van der Waals surface area contributed by atoms with E-state index in [1.54, 1.807) is 6.21 Å². The summed E-state index contributed by atoms with van der Waals surface area (Å²) in [4.78, 5) is 0.